The Labute approximate surface area is 95.7 Å². The summed E-state index contributed by atoms with van der Waals surface area (Å²) in [5, 5.41) is 2.58. The zero-order valence-electron chi connectivity index (χ0n) is 8.90. The normalized spacial score (nSPS) is 12.1. The molecule has 1 N–H and O–H groups in total. The molecule has 1 amide bonds. The largest absolute Gasteiger partial charge is 0.351 e. The van der Waals surface area contributed by atoms with Crippen LogP contribution in [0.15, 0.2) is 18.2 Å². The molecule has 1 atom stereocenters. The molecule has 88 valence electrons. The third-order valence-corrected chi connectivity index (χ3v) is 2.71. The molecule has 1 rings (SSSR count). The van der Waals surface area contributed by atoms with Gasteiger partial charge in [0.05, 0.1) is 0 Å². The van der Waals surface area contributed by atoms with Crippen molar-refractivity contribution in [1.29, 1.82) is 0 Å². The molecule has 0 aliphatic heterocycles. The Hall–Kier alpha value is -1.30. The number of halogens is 1. The molecule has 0 radical (unpaired) electrons. The minimum Gasteiger partial charge on any atom is -0.351 e. The average Bonchev–Trinajstić information content (AvgIpc) is 2.24. The summed E-state index contributed by atoms with van der Waals surface area (Å²) in [5.41, 5.74) is 0.0534. The molecule has 6 heteroatoms. The summed E-state index contributed by atoms with van der Waals surface area (Å²) in [7, 11) is -0.855. The van der Waals surface area contributed by atoms with Crippen LogP contribution in [0.25, 0.3) is 0 Å². The van der Waals surface area contributed by atoms with Crippen molar-refractivity contribution >= 4 is 16.7 Å². The van der Waals surface area contributed by atoms with Gasteiger partial charge in [-0.1, -0.05) is 6.07 Å². The van der Waals surface area contributed by atoms with Crippen LogP contribution in [0.4, 0.5) is 4.39 Å². The van der Waals surface area contributed by atoms with E-state index in [1.165, 1.54) is 18.2 Å². The first kappa shape index (κ1) is 12.8. The lowest BCUT2D eigenvalue weighted by molar-refractivity contribution is 0.0947. The Bertz CT molecular complexity index is 398. The van der Waals surface area contributed by atoms with Crippen molar-refractivity contribution < 1.29 is 13.4 Å². The number of aromatic nitrogens is 1. The van der Waals surface area contributed by atoms with Gasteiger partial charge in [-0.25, -0.2) is 4.98 Å². The molecule has 1 aromatic heterocycles. The minimum absolute atomic E-state index is 0.0534. The second-order valence-corrected chi connectivity index (χ2v) is 4.79. The molecule has 4 nitrogen and oxygen atoms in total. The van der Waals surface area contributed by atoms with Crippen molar-refractivity contribution in [2.75, 3.05) is 18.6 Å². The van der Waals surface area contributed by atoms with Crippen LogP contribution >= 0.6 is 0 Å². The Kier molecular flexibility index (Phi) is 5.04. The van der Waals surface area contributed by atoms with Gasteiger partial charge in [0.15, 0.2) is 0 Å². The van der Waals surface area contributed by atoms with E-state index in [1.54, 1.807) is 6.26 Å². The highest BCUT2D eigenvalue weighted by Gasteiger charge is 2.06. The number of carbonyl (C=O) groups is 1. The first-order chi connectivity index (χ1) is 7.59. The van der Waals surface area contributed by atoms with E-state index in [9.17, 15) is 13.4 Å². The molecule has 0 saturated carbocycles. The lowest BCUT2D eigenvalue weighted by Gasteiger charge is -2.03. The lowest BCUT2D eigenvalue weighted by Crippen LogP contribution is -2.26. The molecule has 0 aromatic carbocycles. The Morgan fingerprint density at radius 2 is 2.31 bits per heavy atom. The predicted octanol–water partition coefficient (Wildman–Crippen LogP) is 0.719. The summed E-state index contributed by atoms with van der Waals surface area (Å²) < 4.78 is 23.4. The monoisotopic (exact) mass is 244 g/mol. The molecule has 0 fully saturated rings. The quantitative estimate of drug-likeness (QED) is 0.613. The van der Waals surface area contributed by atoms with Gasteiger partial charge in [0.1, 0.15) is 5.69 Å². The van der Waals surface area contributed by atoms with E-state index in [0.29, 0.717) is 18.7 Å². The predicted molar refractivity (Wildman–Crippen MR) is 60.1 cm³/mol. The highest BCUT2D eigenvalue weighted by Crippen LogP contribution is 1.97. The summed E-state index contributed by atoms with van der Waals surface area (Å²) in [6.45, 7) is 0.413. The van der Waals surface area contributed by atoms with Crippen LogP contribution in [0.5, 0.6) is 0 Å². The van der Waals surface area contributed by atoms with Gasteiger partial charge < -0.3 is 5.32 Å². The zero-order chi connectivity index (χ0) is 12.0. The topological polar surface area (TPSA) is 59.1 Å². The summed E-state index contributed by atoms with van der Waals surface area (Å²) >= 11 is 0. The van der Waals surface area contributed by atoms with E-state index in [0.717, 1.165) is 0 Å². The van der Waals surface area contributed by atoms with Gasteiger partial charge in [0.25, 0.3) is 5.91 Å². The summed E-state index contributed by atoms with van der Waals surface area (Å²) in [6.07, 6.45) is 2.24. The molecular formula is C10H13FN2O2S. The van der Waals surface area contributed by atoms with Crippen molar-refractivity contribution in [2.24, 2.45) is 0 Å². The second-order valence-electron chi connectivity index (χ2n) is 3.23. The SMILES string of the molecule is CS(=O)CCCNC(=O)c1cccc(F)n1. The van der Waals surface area contributed by atoms with E-state index in [2.05, 4.69) is 10.3 Å². The van der Waals surface area contributed by atoms with Gasteiger partial charge in [-0.3, -0.25) is 9.00 Å². The molecule has 0 spiro atoms. The Morgan fingerprint density at radius 3 is 2.94 bits per heavy atom. The van der Waals surface area contributed by atoms with E-state index in [4.69, 9.17) is 0 Å². The summed E-state index contributed by atoms with van der Waals surface area (Å²) in [4.78, 5) is 14.9. The Balaban J connectivity index is 2.38. The third kappa shape index (κ3) is 4.48. The maximum absolute atomic E-state index is 12.7. The van der Waals surface area contributed by atoms with Crippen molar-refractivity contribution in [3.8, 4) is 0 Å². The van der Waals surface area contributed by atoms with Crippen molar-refractivity contribution in [3.05, 3.63) is 29.8 Å². The number of rotatable bonds is 5. The van der Waals surface area contributed by atoms with Gasteiger partial charge in [0.2, 0.25) is 5.95 Å². The molecule has 16 heavy (non-hydrogen) atoms. The van der Waals surface area contributed by atoms with Gasteiger partial charge in [-0.2, -0.15) is 4.39 Å². The highest BCUT2D eigenvalue weighted by atomic mass is 32.2. The molecule has 0 aliphatic carbocycles. The van der Waals surface area contributed by atoms with Gasteiger partial charge in [0, 0.05) is 29.4 Å². The number of hydrogen-bond donors (Lipinski definition) is 1. The van der Waals surface area contributed by atoms with Gasteiger partial charge in [-0.15, -0.1) is 0 Å². The fourth-order valence-corrected chi connectivity index (χ4v) is 1.65. The minimum atomic E-state index is -0.855. The van der Waals surface area contributed by atoms with Crippen LogP contribution in [0, 0.1) is 5.95 Å². The van der Waals surface area contributed by atoms with Gasteiger partial charge >= 0.3 is 0 Å². The van der Waals surface area contributed by atoms with Crippen LogP contribution in [0.3, 0.4) is 0 Å². The molecule has 0 aliphatic rings. The van der Waals surface area contributed by atoms with Crippen molar-refractivity contribution in [3.63, 3.8) is 0 Å². The number of hydrogen-bond acceptors (Lipinski definition) is 3. The molecular weight excluding hydrogens is 231 g/mol. The second kappa shape index (κ2) is 6.32. The number of pyridine rings is 1. The molecule has 0 saturated heterocycles. The van der Waals surface area contributed by atoms with Crippen molar-refractivity contribution in [1.82, 2.24) is 10.3 Å². The Morgan fingerprint density at radius 1 is 1.56 bits per heavy atom. The number of nitrogens with one attached hydrogen (secondary N) is 1. The van der Waals surface area contributed by atoms with Crippen LogP contribution in [-0.4, -0.2) is 33.7 Å². The maximum atomic E-state index is 12.7. The molecule has 0 bridgehead atoms. The third-order valence-electron chi connectivity index (χ3n) is 1.84. The standard InChI is InChI=1S/C10H13FN2O2S/c1-16(15)7-3-6-12-10(14)8-4-2-5-9(11)13-8/h2,4-5H,3,6-7H2,1H3,(H,12,14). The number of amides is 1. The number of carbonyl (C=O) groups excluding carboxylic acids is 1. The lowest BCUT2D eigenvalue weighted by atomic mass is 10.3. The van der Waals surface area contributed by atoms with Crippen LogP contribution < -0.4 is 5.32 Å². The average molecular weight is 244 g/mol. The van der Waals surface area contributed by atoms with E-state index in [1.807, 2.05) is 0 Å². The van der Waals surface area contributed by atoms with Gasteiger partial charge in [-0.05, 0) is 18.6 Å². The number of nitrogens with zero attached hydrogens (tertiary/aromatic N) is 1. The first-order valence-corrected chi connectivity index (χ1v) is 6.53. The smallest absolute Gasteiger partial charge is 0.269 e. The zero-order valence-corrected chi connectivity index (χ0v) is 9.72. The van der Waals surface area contributed by atoms with E-state index in [-0.39, 0.29) is 5.69 Å². The molecule has 1 aromatic rings. The first-order valence-electron chi connectivity index (χ1n) is 4.80. The van der Waals surface area contributed by atoms with Crippen LogP contribution in [-0.2, 0) is 10.8 Å². The fraction of sp³-hybridized carbons (Fsp3) is 0.400. The summed E-state index contributed by atoms with van der Waals surface area (Å²) in [5.74, 6) is -0.555. The molecule has 1 unspecified atom stereocenters. The van der Waals surface area contributed by atoms with Crippen LogP contribution in [0.1, 0.15) is 16.9 Å². The van der Waals surface area contributed by atoms with Crippen LogP contribution in [0.2, 0.25) is 0 Å². The molecule has 1 heterocycles. The fourth-order valence-electron chi connectivity index (χ4n) is 1.10. The van der Waals surface area contributed by atoms with Crippen molar-refractivity contribution in [2.45, 2.75) is 6.42 Å². The van der Waals surface area contributed by atoms with E-state index < -0.39 is 22.7 Å². The highest BCUT2D eigenvalue weighted by molar-refractivity contribution is 7.84. The van der Waals surface area contributed by atoms with E-state index >= 15 is 0 Å². The summed E-state index contributed by atoms with van der Waals surface area (Å²) in [6, 6.07) is 4.05. The maximum Gasteiger partial charge on any atom is 0.269 e.